The van der Waals surface area contributed by atoms with Gasteiger partial charge in [-0.3, -0.25) is 14.9 Å². The Morgan fingerprint density at radius 1 is 1.29 bits per heavy atom. The number of thiophene rings is 1. The second-order valence-corrected chi connectivity index (χ2v) is 7.47. The maximum absolute atomic E-state index is 12.3. The summed E-state index contributed by atoms with van der Waals surface area (Å²) in [4.78, 5) is 22.1. The Morgan fingerprint density at radius 3 is 2.43 bits per heavy atom. The number of hydrogen-bond donors (Lipinski definition) is 0. The van der Waals surface area contributed by atoms with E-state index in [1.54, 1.807) is 12.1 Å². The summed E-state index contributed by atoms with van der Waals surface area (Å²) in [6, 6.07) is 8.42. The molecule has 2 unspecified atom stereocenters. The zero-order chi connectivity index (χ0) is 15.6. The van der Waals surface area contributed by atoms with Crippen molar-refractivity contribution in [2.75, 3.05) is 0 Å². The zero-order valence-electron chi connectivity index (χ0n) is 10.3. The van der Waals surface area contributed by atoms with Crippen LogP contribution in [-0.2, 0) is 0 Å². The number of hydrogen-bond acceptors (Lipinski definition) is 4. The third-order valence-electron chi connectivity index (χ3n) is 2.74. The molecule has 2 aromatic rings. The fraction of sp³-hybridized carbons (Fsp3) is 0.154. The van der Waals surface area contributed by atoms with E-state index in [1.165, 1.54) is 11.4 Å². The van der Waals surface area contributed by atoms with Crippen molar-refractivity contribution in [1.82, 2.24) is 0 Å². The lowest BCUT2D eigenvalue weighted by molar-refractivity contribution is -0.384. The molecule has 0 aliphatic heterocycles. The summed E-state index contributed by atoms with van der Waals surface area (Å²) in [6.45, 7) is 0. The molecule has 0 N–H and O–H groups in total. The third-order valence-corrected chi connectivity index (χ3v) is 6.63. The van der Waals surface area contributed by atoms with E-state index in [9.17, 15) is 14.9 Å². The van der Waals surface area contributed by atoms with E-state index < -0.39 is 9.75 Å². The Kier molecular flexibility index (Phi) is 5.54. The third kappa shape index (κ3) is 3.91. The van der Waals surface area contributed by atoms with Gasteiger partial charge in [0.15, 0.2) is 5.78 Å². The number of Topliss-reactive ketones (excluding diaryl/α,β-unsaturated/α-hetero) is 1. The first-order valence-corrected chi connectivity index (χ1v) is 8.80. The van der Waals surface area contributed by atoms with Crippen molar-refractivity contribution in [3.63, 3.8) is 0 Å². The van der Waals surface area contributed by atoms with Gasteiger partial charge in [-0.15, -0.1) is 11.3 Å². The molecule has 0 saturated carbocycles. The Morgan fingerprint density at radius 2 is 1.90 bits per heavy atom. The molecule has 2 atom stereocenters. The number of carbonyl (C=O) groups is 1. The van der Waals surface area contributed by atoms with Crippen LogP contribution >= 0.6 is 54.8 Å². The maximum Gasteiger partial charge on any atom is 0.280 e. The highest BCUT2D eigenvalue weighted by Crippen LogP contribution is 2.35. The van der Waals surface area contributed by atoms with Gasteiger partial charge in [-0.25, -0.2) is 0 Å². The van der Waals surface area contributed by atoms with Gasteiger partial charge in [0.2, 0.25) is 0 Å². The molecule has 8 heteroatoms. The predicted molar refractivity (Wildman–Crippen MR) is 91.1 cm³/mol. The maximum atomic E-state index is 12.3. The monoisotopic (exact) mass is 451 g/mol. The number of nitro groups is 1. The van der Waals surface area contributed by atoms with Gasteiger partial charge in [-0.2, -0.15) is 0 Å². The highest BCUT2D eigenvalue weighted by Gasteiger charge is 2.28. The standard InChI is InChI=1S/C13H8Br2ClNO3S/c14-11(7-1-3-8(16)4-2-7)12(15)13(18)10-5-9(6-21-10)17(19)20/h1-6,11-12H. The van der Waals surface area contributed by atoms with Crippen molar-refractivity contribution in [2.45, 2.75) is 9.65 Å². The van der Waals surface area contributed by atoms with Crippen LogP contribution < -0.4 is 0 Å². The molecule has 1 aromatic heterocycles. The fourth-order valence-electron chi connectivity index (χ4n) is 1.64. The van der Waals surface area contributed by atoms with Gasteiger partial charge in [0.1, 0.15) is 0 Å². The number of alkyl halides is 2. The van der Waals surface area contributed by atoms with Crippen molar-refractivity contribution in [1.29, 1.82) is 0 Å². The SMILES string of the molecule is O=C(c1cc([N+](=O)[O-])cs1)C(Br)C(Br)c1ccc(Cl)cc1. The van der Waals surface area contributed by atoms with Gasteiger partial charge in [0.05, 0.1) is 24.8 Å². The van der Waals surface area contributed by atoms with E-state index in [1.807, 2.05) is 12.1 Å². The lowest BCUT2D eigenvalue weighted by Gasteiger charge is -2.15. The van der Waals surface area contributed by atoms with E-state index in [2.05, 4.69) is 31.9 Å². The largest absolute Gasteiger partial charge is 0.292 e. The zero-order valence-corrected chi connectivity index (χ0v) is 15.1. The number of rotatable bonds is 5. The summed E-state index contributed by atoms with van der Waals surface area (Å²) in [7, 11) is 0. The van der Waals surface area contributed by atoms with Crippen LogP contribution in [0.25, 0.3) is 0 Å². The van der Waals surface area contributed by atoms with Gasteiger partial charge < -0.3 is 0 Å². The van der Waals surface area contributed by atoms with Crippen LogP contribution in [0, 0.1) is 10.1 Å². The van der Waals surface area contributed by atoms with E-state index in [-0.39, 0.29) is 16.3 Å². The molecule has 0 bridgehead atoms. The highest BCUT2D eigenvalue weighted by molar-refractivity contribution is 9.12. The minimum absolute atomic E-state index is 0.0688. The smallest absolute Gasteiger partial charge is 0.280 e. The van der Waals surface area contributed by atoms with E-state index in [4.69, 9.17) is 11.6 Å². The molecular weight excluding hydrogens is 445 g/mol. The molecule has 0 aliphatic rings. The van der Waals surface area contributed by atoms with Gasteiger partial charge in [-0.1, -0.05) is 55.6 Å². The van der Waals surface area contributed by atoms with Crippen LogP contribution in [0.1, 0.15) is 20.1 Å². The average Bonchev–Trinajstić information content (AvgIpc) is 2.96. The Hall–Kier alpha value is -0.760. The summed E-state index contributed by atoms with van der Waals surface area (Å²) in [5.41, 5.74) is 0.821. The molecule has 0 spiro atoms. The molecule has 0 amide bonds. The van der Waals surface area contributed by atoms with Crippen LogP contribution in [0.2, 0.25) is 5.02 Å². The van der Waals surface area contributed by atoms with Crippen molar-refractivity contribution in [3.8, 4) is 0 Å². The first-order valence-electron chi connectivity index (χ1n) is 5.71. The van der Waals surface area contributed by atoms with Crippen molar-refractivity contribution >= 4 is 66.3 Å². The highest BCUT2D eigenvalue weighted by atomic mass is 79.9. The normalized spacial score (nSPS) is 13.7. The molecule has 0 fully saturated rings. The van der Waals surface area contributed by atoms with Gasteiger partial charge in [0.25, 0.3) is 5.69 Å². The quantitative estimate of drug-likeness (QED) is 0.264. The molecule has 1 heterocycles. The minimum atomic E-state index is -0.531. The minimum Gasteiger partial charge on any atom is -0.292 e. The molecule has 2 rings (SSSR count). The van der Waals surface area contributed by atoms with Crippen LogP contribution in [0.5, 0.6) is 0 Å². The van der Waals surface area contributed by atoms with Gasteiger partial charge in [0, 0.05) is 11.1 Å². The van der Waals surface area contributed by atoms with E-state index in [0.717, 1.165) is 16.9 Å². The second-order valence-electron chi connectivity index (χ2n) is 4.15. The molecular formula is C13H8Br2ClNO3S. The number of halogens is 3. The number of benzene rings is 1. The molecule has 4 nitrogen and oxygen atoms in total. The molecule has 0 radical (unpaired) electrons. The van der Waals surface area contributed by atoms with Crippen LogP contribution in [0.15, 0.2) is 35.7 Å². The molecule has 110 valence electrons. The summed E-state index contributed by atoms with van der Waals surface area (Å²) >= 11 is 13.7. The number of ketones is 1. The molecule has 21 heavy (non-hydrogen) atoms. The summed E-state index contributed by atoms with van der Waals surface area (Å²) < 4.78 is 0. The molecule has 0 saturated heterocycles. The van der Waals surface area contributed by atoms with Crippen LogP contribution in [0.4, 0.5) is 5.69 Å². The first kappa shape index (κ1) is 16.6. The van der Waals surface area contributed by atoms with E-state index >= 15 is 0 Å². The Bertz CT molecular complexity index is 674. The topological polar surface area (TPSA) is 60.2 Å². The Labute approximate surface area is 146 Å². The van der Waals surface area contributed by atoms with Crippen LogP contribution in [-0.4, -0.2) is 15.5 Å². The van der Waals surface area contributed by atoms with Crippen molar-refractivity contribution in [3.05, 3.63) is 61.3 Å². The first-order chi connectivity index (χ1) is 9.90. The average molecular weight is 454 g/mol. The lowest BCUT2D eigenvalue weighted by Crippen LogP contribution is -2.18. The summed E-state index contributed by atoms with van der Waals surface area (Å²) in [5.74, 6) is -0.204. The summed E-state index contributed by atoms with van der Waals surface area (Å²) in [5, 5.41) is 12.6. The number of nitrogens with zero attached hydrogens (tertiary/aromatic N) is 1. The molecule has 1 aromatic carbocycles. The van der Waals surface area contributed by atoms with Crippen molar-refractivity contribution < 1.29 is 9.72 Å². The van der Waals surface area contributed by atoms with Gasteiger partial charge >= 0.3 is 0 Å². The fourth-order valence-corrected chi connectivity index (χ4v) is 3.84. The van der Waals surface area contributed by atoms with Crippen LogP contribution in [0.3, 0.4) is 0 Å². The van der Waals surface area contributed by atoms with E-state index in [0.29, 0.717) is 9.90 Å². The Balaban J connectivity index is 2.17. The summed E-state index contributed by atoms with van der Waals surface area (Å²) in [6.07, 6.45) is 0. The number of carbonyl (C=O) groups excluding carboxylic acids is 1. The van der Waals surface area contributed by atoms with Gasteiger partial charge in [-0.05, 0) is 17.7 Å². The van der Waals surface area contributed by atoms with Crippen molar-refractivity contribution in [2.24, 2.45) is 0 Å². The lowest BCUT2D eigenvalue weighted by atomic mass is 10.1. The molecule has 0 aliphatic carbocycles. The predicted octanol–water partition coefficient (Wildman–Crippen LogP) is 5.39. The second kappa shape index (κ2) is 7.00.